The fourth-order valence-corrected chi connectivity index (χ4v) is 4.33. The van der Waals surface area contributed by atoms with E-state index < -0.39 is 22.8 Å². The normalized spacial score (nSPS) is 13.7. The molecule has 39 heavy (non-hydrogen) atoms. The minimum Gasteiger partial charge on any atom is -0.480 e. The molecule has 2 atom stereocenters. The molecule has 0 aliphatic rings. The first-order valence-electron chi connectivity index (χ1n) is 14.7. The highest BCUT2D eigenvalue weighted by atomic mass is 16.5. The molecule has 0 aromatic heterocycles. The number of amides is 3. The zero-order valence-corrected chi connectivity index (χ0v) is 26.1. The van der Waals surface area contributed by atoms with Crippen molar-refractivity contribution in [2.45, 2.75) is 126 Å². The third kappa shape index (κ3) is 17.2. The number of ether oxygens (including phenoxy) is 1. The summed E-state index contributed by atoms with van der Waals surface area (Å²) < 4.78 is 5.86. The molecule has 0 aliphatic carbocycles. The van der Waals surface area contributed by atoms with Crippen LogP contribution in [-0.4, -0.2) is 60.6 Å². The van der Waals surface area contributed by atoms with Gasteiger partial charge in [-0.3, -0.25) is 14.4 Å². The van der Waals surface area contributed by atoms with Crippen molar-refractivity contribution in [2.24, 2.45) is 22.7 Å². The molecule has 2 unspecified atom stereocenters. The van der Waals surface area contributed by atoms with Crippen molar-refractivity contribution in [3.8, 4) is 0 Å². The maximum absolute atomic E-state index is 12.6. The smallest absolute Gasteiger partial charge is 0.326 e. The summed E-state index contributed by atoms with van der Waals surface area (Å²) in [7, 11) is 0. The summed E-state index contributed by atoms with van der Waals surface area (Å²) in [6.45, 7) is 19.3. The molecule has 4 N–H and O–H groups in total. The number of rotatable bonds is 21. The number of carboxylic acids is 1. The van der Waals surface area contributed by atoms with Crippen LogP contribution >= 0.6 is 0 Å². The van der Waals surface area contributed by atoms with Crippen LogP contribution in [-0.2, 0) is 23.9 Å². The number of nitrogens with one attached hydrogen (secondary N) is 3. The maximum Gasteiger partial charge on any atom is 0.326 e. The molecule has 0 heterocycles. The van der Waals surface area contributed by atoms with Crippen molar-refractivity contribution < 1.29 is 29.0 Å². The van der Waals surface area contributed by atoms with E-state index in [1.54, 1.807) is 13.8 Å². The molecule has 0 rings (SSSR count). The van der Waals surface area contributed by atoms with Crippen LogP contribution < -0.4 is 16.0 Å². The Labute approximate surface area is 237 Å². The number of hydrogen-bond acceptors (Lipinski definition) is 5. The third-order valence-electron chi connectivity index (χ3n) is 6.91. The van der Waals surface area contributed by atoms with Gasteiger partial charge in [0.1, 0.15) is 6.04 Å². The molecule has 9 heteroatoms. The minimum absolute atomic E-state index is 0.00212. The van der Waals surface area contributed by atoms with Gasteiger partial charge in [0.25, 0.3) is 0 Å². The van der Waals surface area contributed by atoms with E-state index in [0.29, 0.717) is 50.8 Å². The largest absolute Gasteiger partial charge is 0.480 e. The molecule has 0 fully saturated rings. The first kappa shape index (κ1) is 36.8. The Morgan fingerprint density at radius 1 is 0.769 bits per heavy atom. The standard InChI is InChI=1S/C30H57N3O6/c1-21(2)12-10-11-17-32-27(37)29(6,7)16-19-39-23(5)15-18-31-25(34)14-13-24(26(35)36)33-28(38)30(8,9)20-22(3)4/h21-24H,10-20H2,1-9H3,(H,31,34)(H,32,37)(H,33,38)(H,35,36). The van der Waals surface area contributed by atoms with Crippen molar-refractivity contribution in [3.05, 3.63) is 0 Å². The van der Waals surface area contributed by atoms with Crippen LogP contribution in [0.5, 0.6) is 0 Å². The van der Waals surface area contributed by atoms with Gasteiger partial charge < -0.3 is 25.8 Å². The Morgan fingerprint density at radius 3 is 1.97 bits per heavy atom. The molecule has 3 amide bonds. The molecule has 0 saturated heterocycles. The molecule has 0 saturated carbocycles. The molecule has 0 radical (unpaired) electrons. The summed E-state index contributed by atoms with van der Waals surface area (Å²) in [6, 6.07) is -1.11. The maximum atomic E-state index is 12.6. The van der Waals surface area contributed by atoms with Crippen LogP contribution in [0.1, 0.15) is 114 Å². The molecule has 9 nitrogen and oxygen atoms in total. The highest BCUT2D eigenvalue weighted by Gasteiger charge is 2.32. The number of carbonyl (C=O) groups excluding carboxylic acids is 3. The monoisotopic (exact) mass is 555 g/mol. The second-order valence-corrected chi connectivity index (χ2v) is 13.0. The Balaban J connectivity index is 4.29. The van der Waals surface area contributed by atoms with Gasteiger partial charge in [-0.2, -0.15) is 0 Å². The van der Waals surface area contributed by atoms with Crippen molar-refractivity contribution in [1.82, 2.24) is 16.0 Å². The van der Waals surface area contributed by atoms with Gasteiger partial charge in [-0.05, 0) is 50.9 Å². The van der Waals surface area contributed by atoms with Gasteiger partial charge in [0, 0.05) is 36.9 Å². The average molecular weight is 556 g/mol. The van der Waals surface area contributed by atoms with Gasteiger partial charge in [0.15, 0.2) is 0 Å². The molecular weight excluding hydrogens is 498 g/mol. The molecule has 228 valence electrons. The lowest BCUT2D eigenvalue weighted by molar-refractivity contribution is -0.144. The first-order valence-corrected chi connectivity index (χ1v) is 14.7. The topological polar surface area (TPSA) is 134 Å². The molecule has 0 aromatic carbocycles. The zero-order chi connectivity index (χ0) is 30.2. The van der Waals surface area contributed by atoms with E-state index in [9.17, 15) is 24.3 Å². The van der Waals surface area contributed by atoms with Crippen molar-refractivity contribution in [3.63, 3.8) is 0 Å². The van der Waals surface area contributed by atoms with Gasteiger partial charge in [-0.1, -0.05) is 68.2 Å². The van der Waals surface area contributed by atoms with Gasteiger partial charge in [-0.25, -0.2) is 4.79 Å². The van der Waals surface area contributed by atoms with E-state index in [1.807, 2.05) is 34.6 Å². The molecule has 0 spiro atoms. The van der Waals surface area contributed by atoms with E-state index in [-0.39, 0.29) is 36.7 Å². The van der Waals surface area contributed by atoms with Crippen LogP contribution in [0, 0.1) is 22.7 Å². The van der Waals surface area contributed by atoms with Gasteiger partial charge in [0.2, 0.25) is 17.7 Å². The highest BCUT2D eigenvalue weighted by Crippen LogP contribution is 2.26. The van der Waals surface area contributed by atoms with E-state index in [1.165, 1.54) is 6.42 Å². The predicted molar refractivity (Wildman–Crippen MR) is 155 cm³/mol. The lowest BCUT2D eigenvalue weighted by Gasteiger charge is -2.27. The van der Waals surface area contributed by atoms with Crippen LogP contribution in [0.25, 0.3) is 0 Å². The molecule has 0 aliphatic heterocycles. The van der Waals surface area contributed by atoms with E-state index in [2.05, 4.69) is 29.8 Å². The summed E-state index contributed by atoms with van der Waals surface area (Å²) in [6.07, 6.45) is 5.01. The van der Waals surface area contributed by atoms with Gasteiger partial charge >= 0.3 is 5.97 Å². The Hall–Kier alpha value is -2.16. The first-order chi connectivity index (χ1) is 18.0. The van der Waals surface area contributed by atoms with Gasteiger partial charge in [0.05, 0.1) is 6.10 Å². The summed E-state index contributed by atoms with van der Waals surface area (Å²) in [5, 5.41) is 17.9. The fraction of sp³-hybridized carbons (Fsp3) is 0.867. The van der Waals surface area contributed by atoms with Crippen LogP contribution in [0.15, 0.2) is 0 Å². The average Bonchev–Trinajstić information content (AvgIpc) is 2.79. The zero-order valence-electron chi connectivity index (χ0n) is 26.1. The predicted octanol–water partition coefficient (Wildman–Crippen LogP) is 4.68. The van der Waals surface area contributed by atoms with Crippen molar-refractivity contribution >= 4 is 23.7 Å². The number of carboxylic acid groups (broad SMARTS) is 1. The minimum atomic E-state index is -1.15. The van der Waals surface area contributed by atoms with Crippen LogP contribution in [0.3, 0.4) is 0 Å². The third-order valence-corrected chi connectivity index (χ3v) is 6.91. The Morgan fingerprint density at radius 2 is 1.41 bits per heavy atom. The fourth-order valence-electron chi connectivity index (χ4n) is 4.33. The number of carbonyl (C=O) groups is 4. The quantitative estimate of drug-likeness (QED) is 0.152. The summed E-state index contributed by atoms with van der Waals surface area (Å²) in [5.41, 5.74) is -1.21. The van der Waals surface area contributed by atoms with Crippen molar-refractivity contribution in [2.75, 3.05) is 19.7 Å². The lowest BCUT2D eigenvalue weighted by Crippen LogP contribution is -2.47. The van der Waals surface area contributed by atoms with Crippen molar-refractivity contribution in [1.29, 1.82) is 0 Å². The SMILES string of the molecule is CC(C)CCCCNC(=O)C(C)(C)CCOC(C)CCNC(=O)CCC(NC(=O)C(C)(C)CC(C)C)C(=O)O. The molecule has 0 bridgehead atoms. The molecule has 0 aromatic rings. The van der Waals surface area contributed by atoms with E-state index >= 15 is 0 Å². The highest BCUT2D eigenvalue weighted by molar-refractivity contribution is 5.87. The Bertz CT molecular complexity index is 764. The van der Waals surface area contributed by atoms with Crippen LogP contribution in [0.2, 0.25) is 0 Å². The second kappa shape index (κ2) is 18.2. The van der Waals surface area contributed by atoms with Crippen LogP contribution in [0.4, 0.5) is 0 Å². The summed E-state index contributed by atoms with van der Waals surface area (Å²) >= 11 is 0. The van der Waals surface area contributed by atoms with E-state index in [0.717, 1.165) is 12.8 Å². The Kier molecular flexibility index (Phi) is 17.2. The number of hydrogen-bond donors (Lipinski definition) is 4. The number of aliphatic carboxylic acids is 1. The number of unbranched alkanes of at least 4 members (excludes halogenated alkanes) is 1. The summed E-state index contributed by atoms with van der Waals surface area (Å²) in [4.78, 5) is 49.0. The summed E-state index contributed by atoms with van der Waals surface area (Å²) in [5.74, 6) is -0.726. The second-order valence-electron chi connectivity index (χ2n) is 13.0. The molecular formula is C30H57N3O6. The van der Waals surface area contributed by atoms with E-state index in [4.69, 9.17) is 4.74 Å². The van der Waals surface area contributed by atoms with Gasteiger partial charge in [-0.15, -0.1) is 0 Å². The lowest BCUT2D eigenvalue weighted by atomic mass is 9.83.